The predicted octanol–water partition coefficient (Wildman–Crippen LogP) is 4.23. The van der Waals surface area contributed by atoms with E-state index in [0.29, 0.717) is 5.13 Å². The minimum atomic E-state index is -0.209. The molecular formula is C16H13N3OS2. The van der Waals surface area contributed by atoms with E-state index in [1.165, 1.54) is 17.4 Å². The maximum Gasteiger partial charge on any atom is 0.250 e. The van der Waals surface area contributed by atoms with Crippen molar-refractivity contribution in [2.75, 3.05) is 5.32 Å². The number of nitrogens with one attached hydrogen (secondary N) is 1. The summed E-state index contributed by atoms with van der Waals surface area (Å²) >= 11 is 2.96. The first-order chi connectivity index (χ1) is 10.7. The number of carbonyl (C=O) groups is 1. The van der Waals surface area contributed by atoms with Crippen molar-refractivity contribution in [2.45, 2.75) is 6.92 Å². The Morgan fingerprint density at radius 1 is 1.14 bits per heavy atom. The van der Waals surface area contributed by atoms with Crippen molar-refractivity contribution in [2.24, 2.45) is 0 Å². The standard InChI is InChI=1S/C16H13N3OS2/c1-11-17-13(9-21-11)7-8-15(20)19-16-18-14(10-22-16)12-5-3-2-4-6-12/h2-10H,1H3,(H,18,19,20)/b8-7+. The van der Waals surface area contributed by atoms with Crippen molar-refractivity contribution < 1.29 is 4.79 Å². The fraction of sp³-hybridized carbons (Fsp3) is 0.0625. The van der Waals surface area contributed by atoms with Gasteiger partial charge in [-0.3, -0.25) is 10.1 Å². The molecule has 0 atom stereocenters. The Bertz CT molecular complexity index is 806. The normalized spacial score (nSPS) is 11.0. The topological polar surface area (TPSA) is 54.9 Å². The van der Waals surface area contributed by atoms with Crippen LogP contribution in [0.2, 0.25) is 0 Å². The minimum Gasteiger partial charge on any atom is -0.298 e. The van der Waals surface area contributed by atoms with Gasteiger partial charge in [-0.05, 0) is 13.0 Å². The zero-order valence-corrected chi connectivity index (χ0v) is 13.4. The Hall–Kier alpha value is -2.31. The zero-order valence-electron chi connectivity index (χ0n) is 11.8. The highest BCUT2D eigenvalue weighted by Gasteiger charge is 2.06. The molecule has 1 amide bonds. The van der Waals surface area contributed by atoms with Crippen LogP contribution in [0.4, 0.5) is 5.13 Å². The van der Waals surface area contributed by atoms with Crippen LogP contribution < -0.4 is 5.32 Å². The Kier molecular flexibility index (Phi) is 4.41. The lowest BCUT2D eigenvalue weighted by Crippen LogP contribution is -2.07. The Balaban J connectivity index is 1.65. The molecule has 0 aliphatic carbocycles. The molecule has 1 aromatic carbocycles. The van der Waals surface area contributed by atoms with Gasteiger partial charge in [-0.25, -0.2) is 9.97 Å². The predicted molar refractivity (Wildman–Crippen MR) is 92.1 cm³/mol. The lowest BCUT2D eigenvalue weighted by molar-refractivity contribution is -0.111. The van der Waals surface area contributed by atoms with Gasteiger partial charge in [0.05, 0.1) is 16.4 Å². The quantitative estimate of drug-likeness (QED) is 0.730. The van der Waals surface area contributed by atoms with Gasteiger partial charge in [-0.1, -0.05) is 30.3 Å². The molecular weight excluding hydrogens is 314 g/mol. The molecule has 1 N–H and O–H groups in total. The van der Waals surface area contributed by atoms with Gasteiger partial charge >= 0.3 is 0 Å². The van der Waals surface area contributed by atoms with Crippen LogP contribution >= 0.6 is 22.7 Å². The van der Waals surface area contributed by atoms with Crippen LogP contribution in [0.3, 0.4) is 0 Å². The van der Waals surface area contributed by atoms with Gasteiger partial charge < -0.3 is 0 Å². The van der Waals surface area contributed by atoms with Crippen LogP contribution in [0, 0.1) is 6.92 Å². The molecule has 0 fully saturated rings. The van der Waals surface area contributed by atoms with E-state index in [-0.39, 0.29) is 5.91 Å². The molecule has 4 nitrogen and oxygen atoms in total. The molecule has 3 aromatic rings. The van der Waals surface area contributed by atoms with Crippen LogP contribution in [0.15, 0.2) is 47.2 Å². The highest BCUT2D eigenvalue weighted by molar-refractivity contribution is 7.14. The van der Waals surface area contributed by atoms with Crippen molar-refractivity contribution in [1.29, 1.82) is 0 Å². The average molecular weight is 327 g/mol. The second-order valence-corrected chi connectivity index (χ2v) is 6.44. The summed E-state index contributed by atoms with van der Waals surface area (Å²) in [7, 11) is 0. The monoisotopic (exact) mass is 327 g/mol. The van der Waals surface area contributed by atoms with E-state index in [1.807, 2.05) is 48.0 Å². The van der Waals surface area contributed by atoms with Crippen LogP contribution in [-0.4, -0.2) is 15.9 Å². The lowest BCUT2D eigenvalue weighted by Gasteiger charge is -1.96. The van der Waals surface area contributed by atoms with Crippen LogP contribution in [0.25, 0.3) is 17.3 Å². The second kappa shape index (κ2) is 6.64. The summed E-state index contributed by atoms with van der Waals surface area (Å²) in [6.45, 7) is 1.93. The molecule has 0 aliphatic rings. The van der Waals surface area contributed by atoms with Crippen molar-refractivity contribution in [3.8, 4) is 11.3 Å². The molecule has 22 heavy (non-hydrogen) atoms. The number of nitrogens with zero attached hydrogens (tertiary/aromatic N) is 2. The summed E-state index contributed by atoms with van der Waals surface area (Å²) in [6.07, 6.45) is 3.17. The lowest BCUT2D eigenvalue weighted by atomic mass is 10.2. The molecule has 2 heterocycles. The van der Waals surface area contributed by atoms with E-state index < -0.39 is 0 Å². The minimum absolute atomic E-state index is 0.209. The number of rotatable bonds is 4. The average Bonchev–Trinajstić information content (AvgIpc) is 3.15. The number of aromatic nitrogens is 2. The SMILES string of the molecule is Cc1nc(/C=C/C(=O)Nc2nc(-c3ccccc3)cs2)cs1. The van der Waals surface area contributed by atoms with Crippen molar-refractivity contribution >= 4 is 39.8 Å². The largest absolute Gasteiger partial charge is 0.298 e. The molecule has 0 radical (unpaired) electrons. The fourth-order valence-electron chi connectivity index (χ4n) is 1.84. The van der Waals surface area contributed by atoms with Gasteiger partial charge in [0.25, 0.3) is 0 Å². The van der Waals surface area contributed by atoms with Crippen molar-refractivity contribution in [3.63, 3.8) is 0 Å². The van der Waals surface area contributed by atoms with Gasteiger partial charge in [0.1, 0.15) is 0 Å². The molecule has 0 unspecified atom stereocenters. The second-order valence-electron chi connectivity index (χ2n) is 4.52. The molecule has 3 rings (SSSR count). The van der Waals surface area contributed by atoms with E-state index in [1.54, 1.807) is 17.4 Å². The van der Waals surface area contributed by atoms with Gasteiger partial charge in [-0.15, -0.1) is 22.7 Å². The number of thiazole rings is 2. The summed E-state index contributed by atoms with van der Waals surface area (Å²) in [4.78, 5) is 20.6. The molecule has 0 saturated heterocycles. The van der Waals surface area contributed by atoms with Gasteiger partial charge in [0.2, 0.25) is 5.91 Å². The molecule has 0 bridgehead atoms. The summed E-state index contributed by atoms with van der Waals surface area (Å²) in [5.41, 5.74) is 2.69. The molecule has 110 valence electrons. The molecule has 0 aliphatic heterocycles. The van der Waals surface area contributed by atoms with Crippen LogP contribution in [0.5, 0.6) is 0 Å². The van der Waals surface area contributed by atoms with Crippen LogP contribution in [0.1, 0.15) is 10.7 Å². The van der Waals surface area contributed by atoms with E-state index in [9.17, 15) is 4.79 Å². The zero-order chi connectivity index (χ0) is 15.4. The van der Waals surface area contributed by atoms with Gasteiger partial charge in [0, 0.05) is 22.4 Å². The van der Waals surface area contributed by atoms with E-state index in [4.69, 9.17) is 0 Å². The van der Waals surface area contributed by atoms with Crippen molar-refractivity contribution in [1.82, 2.24) is 9.97 Å². The number of hydrogen-bond donors (Lipinski definition) is 1. The van der Waals surface area contributed by atoms with Gasteiger partial charge in [0.15, 0.2) is 5.13 Å². The van der Waals surface area contributed by atoms with E-state index in [2.05, 4.69) is 15.3 Å². The molecule has 0 spiro atoms. The number of aryl methyl sites for hydroxylation is 1. The Labute approximate surface area is 136 Å². The highest BCUT2D eigenvalue weighted by Crippen LogP contribution is 2.24. The Morgan fingerprint density at radius 3 is 2.68 bits per heavy atom. The first-order valence-electron chi connectivity index (χ1n) is 6.63. The first-order valence-corrected chi connectivity index (χ1v) is 8.39. The molecule has 6 heteroatoms. The Morgan fingerprint density at radius 2 is 1.95 bits per heavy atom. The first kappa shape index (κ1) is 14.6. The van der Waals surface area contributed by atoms with E-state index >= 15 is 0 Å². The maximum absolute atomic E-state index is 11.9. The third-order valence-corrected chi connectivity index (χ3v) is 4.40. The molecule has 2 aromatic heterocycles. The fourth-order valence-corrected chi connectivity index (χ4v) is 3.14. The number of amides is 1. The number of hydrogen-bond acceptors (Lipinski definition) is 5. The van der Waals surface area contributed by atoms with Crippen molar-refractivity contribution in [3.05, 3.63) is 57.9 Å². The summed E-state index contributed by atoms with van der Waals surface area (Å²) in [5, 5.41) is 8.17. The maximum atomic E-state index is 11.9. The smallest absolute Gasteiger partial charge is 0.250 e. The molecule has 0 saturated carbocycles. The van der Waals surface area contributed by atoms with E-state index in [0.717, 1.165) is 22.0 Å². The van der Waals surface area contributed by atoms with Gasteiger partial charge in [-0.2, -0.15) is 0 Å². The highest BCUT2D eigenvalue weighted by atomic mass is 32.1. The number of benzene rings is 1. The van der Waals surface area contributed by atoms with Crippen LogP contribution in [-0.2, 0) is 4.79 Å². The number of anilines is 1. The third-order valence-electron chi connectivity index (χ3n) is 2.85. The third kappa shape index (κ3) is 3.66. The summed E-state index contributed by atoms with van der Waals surface area (Å²) in [6, 6.07) is 9.87. The summed E-state index contributed by atoms with van der Waals surface area (Å²) in [5.74, 6) is -0.209. The summed E-state index contributed by atoms with van der Waals surface area (Å²) < 4.78 is 0. The number of carbonyl (C=O) groups excluding carboxylic acids is 1.